The van der Waals surface area contributed by atoms with Crippen LogP contribution in [0.25, 0.3) is 0 Å². The van der Waals surface area contributed by atoms with Crippen LogP contribution in [0.2, 0.25) is 0 Å². The lowest BCUT2D eigenvalue weighted by Crippen LogP contribution is -2.22. The van der Waals surface area contributed by atoms with Gasteiger partial charge in [-0.2, -0.15) is 0 Å². The molecule has 0 aromatic carbocycles. The molecule has 1 heterocycles. The number of aliphatic carboxylic acids is 1. The van der Waals surface area contributed by atoms with Gasteiger partial charge >= 0.3 is 5.97 Å². The first kappa shape index (κ1) is 11.6. The molecule has 0 amide bonds. The van der Waals surface area contributed by atoms with Crippen molar-refractivity contribution >= 4 is 11.8 Å². The van der Waals surface area contributed by atoms with Crippen molar-refractivity contribution < 1.29 is 9.90 Å². The highest BCUT2D eigenvalue weighted by atomic mass is 16.4. The van der Waals surface area contributed by atoms with E-state index < -0.39 is 5.97 Å². The molecule has 1 fully saturated rings. The fourth-order valence-corrected chi connectivity index (χ4v) is 1.67. The molecule has 1 unspecified atom stereocenters. The van der Waals surface area contributed by atoms with E-state index in [1.807, 2.05) is 0 Å². The number of nitrogens with zero attached hydrogens (tertiary/aromatic N) is 1. The van der Waals surface area contributed by atoms with Gasteiger partial charge in [0, 0.05) is 18.0 Å². The van der Waals surface area contributed by atoms with Crippen molar-refractivity contribution in [3.63, 3.8) is 0 Å². The van der Waals surface area contributed by atoms with Gasteiger partial charge < -0.3 is 15.4 Å². The first-order chi connectivity index (χ1) is 8.04. The van der Waals surface area contributed by atoms with E-state index in [1.54, 1.807) is 6.92 Å². The number of rotatable bonds is 5. The molecule has 2 rings (SSSR count). The van der Waals surface area contributed by atoms with Gasteiger partial charge in [-0.05, 0) is 19.8 Å². The number of anilines is 1. The van der Waals surface area contributed by atoms with E-state index in [0.29, 0.717) is 17.6 Å². The molecule has 1 atom stereocenters. The van der Waals surface area contributed by atoms with Crippen molar-refractivity contribution in [3.8, 4) is 0 Å². The zero-order valence-electron chi connectivity index (χ0n) is 9.56. The summed E-state index contributed by atoms with van der Waals surface area (Å²) in [7, 11) is 0. The van der Waals surface area contributed by atoms with Gasteiger partial charge in [0.05, 0.1) is 6.42 Å². The predicted molar refractivity (Wildman–Crippen MR) is 62.2 cm³/mol. The third-order valence-corrected chi connectivity index (χ3v) is 2.60. The van der Waals surface area contributed by atoms with Gasteiger partial charge in [0.25, 0.3) is 5.56 Å². The maximum Gasteiger partial charge on any atom is 0.305 e. The summed E-state index contributed by atoms with van der Waals surface area (Å²) in [5.41, 5.74) is -0.202. The minimum Gasteiger partial charge on any atom is -0.481 e. The Balaban J connectivity index is 2.09. The number of nitrogens with one attached hydrogen (secondary N) is 2. The third-order valence-electron chi connectivity index (χ3n) is 2.60. The SMILES string of the molecule is CC(CC(=O)O)Nc1cc(=O)[nH]c(C2CC2)n1. The van der Waals surface area contributed by atoms with Crippen LogP contribution in [-0.4, -0.2) is 27.1 Å². The van der Waals surface area contributed by atoms with E-state index in [0.717, 1.165) is 12.8 Å². The molecule has 1 aliphatic rings. The first-order valence-electron chi connectivity index (χ1n) is 5.64. The number of carbonyl (C=O) groups is 1. The summed E-state index contributed by atoms with van der Waals surface area (Å²) in [4.78, 5) is 28.9. The summed E-state index contributed by atoms with van der Waals surface area (Å²) in [5.74, 6) is 0.628. The van der Waals surface area contributed by atoms with Gasteiger partial charge in [0.2, 0.25) is 0 Å². The van der Waals surface area contributed by atoms with Gasteiger partial charge in [0.1, 0.15) is 11.6 Å². The topological polar surface area (TPSA) is 95.1 Å². The summed E-state index contributed by atoms with van der Waals surface area (Å²) in [6.07, 6.45) is 2.10. The zero-order chi connectivity index (χ0) is 12.4. The first-order valence-corrected chi connectivity index (χ1v) is 5.64. The van der Waals surface area contributed by atoms with E-state index in [9.17, 15) is 9.59 Å². The molecule has 0 radical (unpaired) electrons. The minimum atomic E-state index is -0.878. The number of hydrogen-bond acceptors (Lipinski definition) is 4. The highest BCUT2D eigenvalue weighted by Crippen LogP contribution is 2.37. The summed E-state index contributed by atoms with van der Waals surface area (Å²) < 4.78 is 0. The van der Waals surface area contributed by atoms with Crippen LogP contribution in [0.1, 0.15) is 37.9 Å². The lowest BCUT2D eigenvalue weighted by molar-refractivity contribution is -0.137. The van der Waals surface area contributed by atoms with Gasteiger partial charge in [-0.25, -0.2) is 4.98 Å². The Bertz CT molecular complexity index is 479. The number of H-pyrrole nitrogens is 1. The van der Waals surface area contributed by atoms with Crippen LogP contribution in [0.15, 0.2) is 10.9 Å². The molecule has 1 aromatic heterocycles. The highest BCUT2D eigenvalue weighted by molar-refractivity contribution is 5.68. The zero-order valence-corrected chi connectivity index (χ0v) is 9.56. The van der Waals surface area contributed by atoms with Gasteiger partial charge in [-0.15, -0.1) is 0 Å². The van der Waals surface area contributed by atoms with Crippen molar-refractivity contribution in [1.82, 2.24) is 9.97 Å². The third kappa shape index (κ3) is 3.30. The summed E-state index contributed by atoms with van der Waals surface area (Å²) in [6, 6.07) is 1.10. The Kier molecular flexibility index (Phi) is 3.12. The summed E-state index contributed by atoms with van der Waals surface area (Å²) >= 11 is 0. The molecule has 3 N–H and O–H groups in total. The quantitative estimate of drug-likeness (QED) is 0.707. The monoisotopic (exact) mass is 237 g/mol. The highest BCUT2D eigenvalue weighted by Gasteiger charge is 2.26. The van der Waals surface area contributed by atoms with Crippen molar-refractivity contribution in [3.05, 3.63) is 22.2 Å². The normalized spacial score (nSPS) is 16.5. The molecular formula is C11H15N3O3. The molecule has 1 aromatic rings. The van der Waals surface area contributed by atoms with Crippen LogP contribution in [0, 0.1) is 0 Å². The lowest BCUT2D eigenvalue weighted by Gasteiger charge is -2.12. The average Bonchev–Trinajstić information content (AvgIpc) is 2.97. The second-order valence-corrected chi connectivity index (χ2v) is 4.43. The molecule has 0 bridgehead atoms. The molecule has 0 aliphatic heterocycles. The Hall–Kier alpha value is -1.85. The number of carboxylic acid groups (broad SMARTS) is 1. The Morgan fingerprint density at radius 1 is 1.71 bits per heavy atom. The minimum absolute atomic E-state index is 0.00671. The number of hydrogen-bond donors (Lipinski definition) is 3. The molecule has 6 heteroatoms. The van der Waals surface area contributed by atoms with Crippen LogP contribution < -0.4 is 10.9 Å². The van der Waals surface area contributed by atoms with Crippen LogP contribution >= 0.6 is 0 Å². The standard InChI is InChI=1S/C11H15N3O3/c1-6(4-10(16)17)12-8-5-9(15)14-11(13-8)7-2-3-7/h5-7H,2-4H2,1H3,(H,16,17)(H2,12,13,14,15). The fourth-order valence-electron chi connectivity index (χ4n) is 1.67. The van der Waals surface area contributed by atoms with E-state index in [1.165, 1.54) is 6.07 Å². The maximum absolute atomic E-state index is 11.4. The molecule has 1 saturated carbocycles. The van der Waals surface area contributed by atoms with Gasteiger partial charge in [-0.1, -0.05) is 0 Å². The Morgan fingerprint density at radius 2 is 2.41 bits per heavy atom. The average molecular weight is 237 g/mol. The molecule has 17 heavy (non-hydrogen) atoms. The molecule has 92 valence electrons. The summed E-state index contributed by atoms with van der Waals surface area (Å²) in [5, 5.41) is 11.6. The second kappa shape index (κ2) is 4.57. The Morgan fingerprint density at radius 3 is 3.00 bits per heavy atom. The molecule has 0 spiro atoms. The van der Waals surface area contributed by atoms with Crippen molar-refractivity contribution in [2.45, 2.75) is 38.1 Å². The molecule has 0 saturated heterocycles. The lowest BCUT2D eigenvalue weighted by atomic mass is 10.2. The van der Waals surface area contributed by atoms with Crippen LogP contribution in [-0.2, 0) is 4.79 Å². The van der Waals surface area contributed by atoms with Crippen molar-refractivity contribution in [2.24, 2.45) is 0 Å². The summed E-state index contributed by atoms with van der Waals surface area (Å²) in [6.45, 7) is 1.74. The van der Waals surface area contributed by atoms with Crippen LogP contribution in [0.5, 0.6) is 0 Å². The number of aromatic amines is 1. The van der Waals surface area contributed by atoms with Gasteiger partial charge in [-0.3, -0.25) is 9.59 Å². The van der Waals surface area contributed by atoms with E-state index in [4.69, 9.17) is 5.11 Å². The van der Waals surface area contributed by atoms with E-state index in [-0.39, 0.29) is 18.0 Å². The molecular weight excluding hydrogens is 222 g/mol. The molecule has 6 nitrogen and oxygen atoms in total. The number of aromatic nitrogens is 2. The van der Waals surface area contributed by atoms with Crippen LogP contribution in [0.4, 0.5) is 5.82 Å². The largest absolute Gasteiger partial charge is 0.481 e. The molecule has 1 aliphatic carbocycles. The predicted octanol–water partition coefficient (Wildman–Crippen LogP) is 0.922. The van der Waals surface area contributed by atoms with Crippen molar-refractivity contribution in [1.29, 1.82) is 0 Å². The Labute approximate surface area is 98.1 Å². The fraction of sp³-hybridized carbons (Fsp3) is 0.545. The maximum atomic E-state index is 11.4. The van der Waals surface area contributed by atoms with Gasteiger partial charge in [0.15, 0.2) is 0 Å². The van der Waals surface area contributed by atoms with Crippen molar-refractivity contribution in [2.75, 3.05) is 5.32 Å². The smallest absolute Gasteiger partial charge is 0.305 e. The van der Waals surface area contributed by atoms with Crippen LogP contribution in [0.3, 0.4) is 0 Å². The van der Waals surface area contributed by atoms with E-state index >= 15 is 0 Å². The van der Waals surface area contributed by atoms with E-state index in [2.05, 4.69) is 15.3 Å². The number of carboxylic acids is 1. The second-order valence-electron chi connectivity index (χ2n) is 4.43.